The van der Waals surface area contributed by atoms with Gasteiger partial charge in [0.05, 0.1) is 11.7 Å². The second-order valence-corrected chi connectivity index (χ2v) is 13.3. The Morgan fingerprint density at radius 2 is 1.91 bits per heavy atom. The fourth-order valence-electron chi connectivity index (χ4n) is 8.98. The molecule has 4 aliphatic carbocycles. The van der Waals surface area contributed by atoms with Crippen LogP contribution in [0.1, 0.15) is 106 Å². The minimum absolute atomic E-state index is 0.0277. The van der Waals surface area contributed by atoms with Crippen LogP contribution < -0.4 is 0 Å². The molecule has 1 unspecified atom stereocenters. The molecule has 4 rings (SSSR count). The Balaban J connectivity index is 1.50. The Morgan fingerprint density at radius 3 is 2.58 bits per heavy atom. The van der Waals surface area contributed by atoms with Crippen molar-refractivity contribution in [3.63, 3.8) is 0 Å². The van der Waals surface area contributed by atoms with Crippen molar-refractivity contribution in [2.45, 2.75) is 124 Å². The molecule has 0 aromatic rings. The molecule has 0 heterocycles. The van der Waals surface area contributed by atoms with Crippen molar-refractivity contribution in [2.75, 3.05) is 0 Å². The molecular weight excluding hydrogens is 412 g/mol. The molecule has 9 atom stereocenters. The van der Waals surface area contributed by atoms with E-state index in [4.69, 9.17) is 4.74 Å². The second kappa shape index (κ2) is 8.97. The molecule has 4 aliphatic rings. The molecule has 33 heavy (non-hydrogen) atoms. The first kappa shape index (κ1) is 25.2. The summed E-state index contributed by atoms with van der Waals surface area (Å²) in [5.41, 5.74) is 1.22. The van der Waals surface area contributed by atoms with Crippen LogP contribution in [0.4, 0.5) is 0 Å². The van der Waals surface area contributed by atoms with Crippen LogP contribution in [0, 0.1) is 40.4 Å². The fourth-order valence-corrected chi connectivity index (χ4v) is 8.98. The summed E-state index contributed by atoms with van der Waals surface area (Å²) in [6.07, 6.45) is 12.7. The van der Waals surface area contributed by atoms with Crippen LogP contribution in [0.3, 0.4) is 0 Å². The van der Waals surface area contributed by atoms with Crippen LogP contribution in [0.5, 0.6) is 0 Å². The van der Waals surface area contributed by atoms with Gasteiger partial charge in [-0.3, -0.25) is 4.79 Å². The van der Waals surface area contributed by atoms with Crippen molar-refractivity contribution in [3.8, 4) is 0 Å². The first-order chi connectivity index (χ1) is 15.3. The Hall–Kier alpha value is -0.870. The van der Waals surface area contributed by atoms with Gasteiger partial charge in [0.25, 0.3) is 0 Å². The third-order valence-corrected chi connectivity index (χ3v) is 10.6. The van der Waals surface area contributed by atoms with Crippen LogP contribution in [0.15, 0.2) is 11.6 Å². The highest BCUT2D eigenvalue weighted by molar-refractivity contribution is 5.66. The predicted octanol–water partition coefficient (Wildman–Crippen LogP) is 6.05. The van der Waals surface area contributed by atoms with Gasteiger partial charge in [0.1, 0.15) is 6.10 Å². The van der Waals surface area contributed by atoms with Gasteiger partial charge < -0.3 is 14.9 Å². The number of ether oxygens (including phenoxy) is 1. The number of hydrogen-bond acceptors (Lipinski definition) is 4. The van der Waals surface area contributed by atoms with Crippen LogP contribution in [-0.4, -0.2) is 34.0 Å². The number of carbonyl (C=O) groups is 1. The molecule has 2 N–H and O–H groups in total. The van der Waals surface area contributed by atoms with Gasteiger partial charge >= 0.3 is 5.97 Å². The van der Waals surface area contributed by atoms with E-state index in [9.17, 15) is 15.0 Å². The number of aliphatic hydroxyl groups is 2. The summed E-state index contributed by atoms with van der Waals surface area (Å²) in [6, 6.07) is 0. The molecular formula is C29H48O4. The van der Waals surface area contributed by atoms with E-state index in [0.717, 1.165) is 38.0 Å². The quantitative estimate of drug-likeness (QED) is 0.374. The maximum Gasteiger partial charge on any atom is 0.302 e. The summed E-state index contributed by atoms with van der Waals surface area (Å²) in [7, 11) is 0. The largest absolute Gasteiger partial charge is 0.462 e. The van der Waals surface area contributed by atoms with Gasteiger partial charge in [-0.25, -0.2) is 0 Å². The third-order valence-electron chi connectivity index (χ3n) is 10.6. The molecule has 0 amide bonds. The summed E-state index contributed by atoms with van der Waals surface area (Å²) in [5.74, 6) is 2.68. The monoisotopic (exact) mass is 460 g/mol. The lowest BCUT2D eigenvalue weighted by Crippen LogP contribution is -2.55. The van der Waals surface area contributed by atoms with E-state index >= 15 is 0 Å². The van der Waals surface area contributed by atoms with E-state index in [0.29, 0.717) is 29.1 Å². The molecule has 188 valence electrons. The molecule has 0 aromatic carbocycles. The highest BCUT2D eigenvalue weighted by Gasteiger charge is 2.61. The van der Waals surface area contributed by atoms with Gasteiger partial charge in [-0.2, -0.15) is 0 Å². The number of rotatable bonds is 6. The zero-order valence-corrected chi connectivity index (χ0v) is 21.9. The average molecular weight is 461 g/mol. The SMILES string of the molecule is CC(=O)O[C@H]1CC[C@@]2(C)C(=CC(O)[C@H]3[C@@H]4CC[C@H]([C@H](C)CCCC(C)(C)O)[C@@]4(C)CC[C@@H]32)C1. The molecule has 0 aliphatic heterocycles. The van der Waals surface area contributed by atoms with E-state index in [1.165, 1.54) is 44.6 Å². The predicted molar refractivity (Wildman–Crippen MR) is 131 cm³/mol. The van der Waals surface area contributed by atoms with Gasteiger partial charge in [-0.1, -0.05) is 45.3 Å². The van der Waals surface area contributed by atoms with Gasteiger partial charge in [0, 0.05) is 13.3 Å². The van der Waals surface area contributed by atoms with E-state index < -0.39 is 5.60 Å². The van der Waals surface area contributed by atoms with Crippen LogP contribution in [0.2, 0.25) is 0 Å². The van der Waals surface area contributed by atoms with Crippen LogP contribution in [-0.2, 0) is 9.53 Å². The summed E-state index contributed by atoms with van der Waals surface area (Å²) in [5, 5.41) is 21.5. The standard InChI is InChI=1S/C29H48O4/c1-18(8-7-13-27(3,4)32)22-9-10-23-26-24(12-15-29(22,23)6)28(5)14-11-21(33-19(2)30)16-20(28)17-25(26)31/h17-18,21-26,31-32H,7-16H2,1-6H3/t18-,21+,22-,23+,24+,25?,26+,28+,29-/m1/s1. The Bertz CT molecular complexity index is 766. The van der Waals surface area contributed by atoms with Crippen molar-refractivity contribution >= 4 is 5.97 Å². The molecule has 0 bridgehead atoms. The fraction of sp³-hybridized carbons (Fsp3) is 0.897. The molecule has 0 saturated heterocycles. The van der Waals surface area contributed by atoms with Gasteiger partial charge in [0.2, 0.25) is 0 Å². The summed E-state index contributed by atoms with van der Waals surface area (Å²) in [4.78, 5) is 11.5. The molecule has 0 radical (unpaired) electrons. The number of carbonyl (C=O) groups excluding carboxylic acids is 1. The Morgan fingerprint density at radius 1 is 1.18 bits per heavy atom. The van der Waals surface area contributed by atoms with E-state index in [-0.39, 0.29) is 23.6 Å². The Labute approximate surface area is 201 Å². The lowest BCUT2D eigenvalue weighted by molar-refractivity contribution is -0.149. The summed E-state index contributed by atoms with van der Waals surface area (Å²) in [6.45, 7) is 12.7. The summed E-state index contributed by atoms with van der Waals surface area (Å²) < 4.78 is 5.56. The average Bonchev–Trinajstić information content (AvgIpc) is 3.05. The molecule has 3 fully saturated rings. The zero-order chi connectivity index (χ0) is 24.2. The molecule has 4 nitrogen and oxygen atoms in total. The van der Waals surface area contributed by atoms with E-state index in [1.54, 1.807) is 0 Å². The Kier molecular flexibility index (Phi) is 6.86. The maximum absolute atomic E-state index is 11.5. The molecule has 0 aromatic heterocycles. The second-order valence-electron chi connectivity index (χ2n) is 13.3. The molecule has 3 saturated carbocycles. The minimum Gasteiger partial charge on any atom is -0.462 e. The minimum atomic E-state index is -0.569. The van der Waals surface area contributed by atoms with E-state index in [2.05, 4.69) is 26.8 Å². The van der Waals surface area contributed by atoms with Crippen molar-refractivity contribution < 1.29 is 19.7 Å². The topological polar surface area (TPSA) is 66.8 Å². The van der Waals surface area contributed by atoms with Crippen molar-refractivity contribution in [1.29, 1.82) is 0 Å². The zero-order valence-electron chi connectivity index (χ0n) is 21.9. The lowest BCUT2D eigenvalue weighted by atomic mass is 9.46. The smallest absolute Gasteiger partial charge is 0.302 e. The number of hydrogen-bond donors (Lipinski definition) is 2. The van der Waals surface area contributed by atoms with Gasteiger partial charge in [-0.05, 0) is 99.2 Å². The third kappa shape index (κ3) is 4.68. The van der Waals surface area contributed by atoms with Gasteiger partial charge in [0.15, 0.2) is 0 Å². The summed E-state index contributed by atoms with van der Waals surface area (Å²) >= 11 is 0. The highest BCUT2D eigenvalue weighted by Crippen LogP contribution is 2.67. The van der Waals surface area contributed by atoms with Crippen LogP contribution in [0.25, 0.3) is 0 Å². The maximum atomic E-state index is 11.5. The van der Waals surface area contributed by atoms with Crippen molar-refractivity contribution in [3.05, 3.63) is 11.6 Å². The normalized spacial score (nSPS) is 43.7. The first-order valence-corrected chi connectivity index (χ1v) is 13.6. The molecule has 4 heteroatoms. The number of esters is 1. The number of aliphatic hydroxyl groups excluding tert-OH is 1. The number of fused-ring (bicyclic) bond motifs is 5. The van der Waals surface area contributed by atoms with Crippen molar-refractivity contribution in [2.24, 2.45) is 40.4 Å². The first-order valence-electron chi connectivity index (χ1n) is 13.6. The molecule has 0 spiro atoms. The van der Waals surface area contributed by atoms with Crippen molar-refractivity contribution in [1.82, 2.24) is 0 Å². The lowest BCUT2D eigenvalue weighted by Gasteiger charge is -2.59. The highest BCUT2D eigenvalue weighted by atomic mass is 16.5. The van der Waals surface area contributed by atoms with Gasteiger partial charge in [-0.15, -0.1) is 0 Å². The van der Waals surface area contributed by atoms with E-state index in [1.807, 2.05) is 13.8 Å². The van der Waals surface area contributed by atoms with Crippen LogP contribution >= 0.6 is 0 Å².